The van der Waals surface area contributed by atoms with Crippen LogP contribution in [-0.2, 0) is 11.2 Å². The van der Waals surface area contributed by atoms with Gasteiger partial charge in [0, 0.05) is 17.8 Å². The third-order valence-corrected chi connectivity index (χ3v) is 2.11. The van der Waals surface area contributed by atoms with E-state index in [0.29, 0.717) is 12.1 Å². The predicted molar refractivity (Wildman–Crippen MR) is 59.2 cm³/mol. The summed E-state index contributed by atoms with van der Waals surface area (Å²) in [7, 11) is 0. The molecule has 76 valence electrons. The molecular formula is C11H16N2O. The molecule has 3 nitrogen and oxygen atoms in total. The van der Waals surface area contributed by atoms with Crippen LogP contribution in [0.3, 0.4) is 0 Å². The summed E-state index contributed by atoms with van der Waals surface area (Å²) in [6.07, 6.45) is 1.37. The van der Waals surface area contributed by atoms with E-state index < -0.39 is 0 Å². The topological polar surface area (TPSA) is 55.1 Å². The van der Waals surface area contributed by atoms with Crippen molar-refractivity contribution in [1.82, 2.24) is 0 Å². The Balaban J connectivity index is 2.93. The lowest BCUT2D eigenvalue weighted by Crippen LogP contribution is -2.11. The number of amides is 1. The zero-order valence-corrected chi connectivity index (χ0v) is 8.63. The molecule has 0 unspecified atom stereocenters. The maximum absolute atomic E-state index is 11.2. The van der Waals surface area contributed by atoms with Gasteiger partial charge in [-0.05, 0) is 24.1 Å². The number of hydrogen-bond acceptors (Lipinski definition) is 2. The molecule has 0 aliphatic carbocycles. The highest BCUT2D eigenvalue weighted by Crippen LogP contribution is 2.19. The molecule has 0 aliphatic heterocycles. The van der Waals surface area contributed by atoms with Crippen LogP contribution in [0.5, 0.6) is 0 Å². The SMILES string of the molecule is CCC(=O)Nc1cc(N)ccc1CC. The average molecular weight is 192 g/mol. The molecule has 0 spiro atoms. The van der Waals surface area contributed by atoms with Gasteiger partial charge in [-0.15, -0.1) is 0 Å². The zero-order valence-electron chi connectivity index (χ0n) is 8.63. The second-order valence-electron chi connectivity index (χ2n) is 3.17. The third kappa shape index (κ3) is 2.49. The summed E-state index contributed by atoms with van der Waals surface area (Å²) < 4.78 is 0. The van der Waals surface area contributed by atoms with Gasteiger partial charge in [-0.3, -0.25) is 4.79 Å². The Morgan fingerprint density at radius 2 is 2.14 bits per heavy atom. The zero-order chi connectivity index (χ0) is 10.6. The number of aryl methyl sites for hydroxylation is 1. The fraction of sp³-hybridized carbons (Fsp3) is 0.364. The highest BCUT2D eigenvalue weighted by molar-refractivity contribution is 5.91. The summed E-state index contributed by atoms with van der Waals surface area (Å²) in [5.74, 6) is 0.0188. The lowest BCUT2D eigenvalue weighted by Gasteiger charge is -2.09. The van der Waals surface area contributed by atoms with E-state index in [1.54, 1.807) is 6.07 Å². The summed E-state index contributed by atoms with van der Waals surface area (Å²) in [6.45, 7) is 3.88. The minimum atomic E-state index is 0.0188. The molecule has 14 heavy (non-hydrogen) atoms. The van der Waals surface area contributed by atoms with Crippen molar-refractivity contribution in [2.24, 2.45) is 0 Å². The molecular weight excluding hydrogens is 176 g/mol. The van der Waals surface area contributed by atoms with Crippen molar-refractivity contribution in [3.63, 3.8) is 0 Å². The number of anilines is 2. The van der Waals surface area contributed by atoms with E-state index in [4.69, 9.17) is 5.73 Å². The first-order chi connectivity index (χ1) is 6.67. The summed E-state index contributed by atoms with van der Waals surface area (Å²) in [4.78, 5) is 11.2. The molecule has 1 rings (SSSR count). The highest BCUT2D eigenvalue weighted by atomic mass is 16.1. The Hall–Kier alpha value is -1.51. The Morgan fingerprint density at radius 3 is 2.71 bits per heavy atom. The number of benzene rings is 1. The quantitative estimate of drug-likeness (QED) is 0.721. The van der Waals surface area contributed by atoms with Crippen LogP contribution >= 0.6 is 0 Å². The Kier molecular flexibility index (Phi) is 3.51. The maximum atomic E-state index is 11.2. The number of nitrogens with two attached hydrogens (primary N) is 1. The van der Waals surface area contributed by atoms with Crippen molar-refractivity contribution in [2.75, 3.05) is 11.1 Å². The van der Waals surface area contributed by atoms with Gasteiger partial charge in [-0.1, -0.05) is 19.9 Å². The smallest absolute Gasteiger partial charge is 0.224 e. The maximum Gasteiger partial charge on any atom is 0.224 e. The molecule has 3 heteroatoms. The van der Waals surface area contributed by atoms with Crippen molar-refractivity contribution in [3.05, 3.63) is 23.8 Å². The standard InChI is InChI=1S/C11H16N2O/c1-3-8-5-6-9(12)7-10(8)13-11(14)4-2/h5-7H,3-4,12H2,1-2H3,(H,13,14). The van der Waals surface area contributed by atoms with Gasteiger partial charge in [0.2, 0.25) is 5.91 Å². The first kappa shape index (κ1) is 10.6. The molecule has 1 aromatic rings. The largest absolute Gasteiger partial charge is 0.399 e. The summed E-state index contributed by atoms with van der Waals surface area (Å²) >= 11 is 0. The van der Waals surface area contributed by atoms with Crippen LogP contribution in [-0.4, -0.2) is 5.91 Å². The molecule has 1 amide bonds. The molecule has 0 aromatic heterocycles. The fourth-order valence-corrected chi connectivity index (χ4v) is 1.26. The number of nitrogen functional groups attached to an aromatic ring is 1. The fourth-order valence-electron chi connectivity index (χ4n) is 1.26. The summed E-state index contributed by atoms with van der Waals surface area (Å²) in [5.41, 5.74) is 8.27. The van der Waals surface area contributed by atoms with E-state index in [-0.39, 0.29) is 5.91 Å². The molecule has 0 saturated heterocycles. The lowest BCUT2D eigenvalue weighted by molar-refractivity contribution is -0.115. The van der Waals surface area contributed by atoms with Crippen LogP contribution in [0.1, 0.15) is 25.8 Å². The molecule has 0 radical (unpaired) electrons. The van der Waals surface area contributed by atoms with Gasteiger partial charge in [0.05, 0.1) is 0 Å². The second kappa shape index (κ2) is 4.65. The van der Waals surface area contributed by atoms with Crippen LogP contribution in [0, 0.1) is 0 Å². The minimum Gasteiger partial charge on any atom is -0.399 e. The molecule has 1 aromatic carbocycles. The van der Waals surface area contributed by atoms with Crippen LogP contribution < -0.4 is 11.1 Å². The van der Waals surface area contributed by atoms with Crippen molar-refractivity contribution in [2.45, 2.75) is 26.7 Å². The van der Waals surface area contributed by atoms with Crippen LogP contribution in [0.4, 0.5) is 11.4 Å². The average Bonchev–Trinajstić information content (AvgIpc) is 2.18. The van der Waals surface area contributed by atoms with Gasteiger partial charge in [-0.2, -0.15) is 0 Å². The lowest BCUT2D eigenvalue weighted by atomic mass is 10.1. The number of carbonyl (C=O) groups excluding carboxylic acids is 1. The Morgan fingerprint density at radius 1 is 1.43 bits per heavy atom. The van der Waals surface area contributed by atoms with Crippen molar-refractivity contribution in [3.8, 4) is 0 Å². The van der Waals surface area contributed by atoms with Gasteiger partial charge in [0.15, 0.2) is 0 Å². The summed E-state index contributed by atoms with van der Waals surface area (Å²) in [6, 6.07) is 5.59. The Labute approximate surface area is 84.3 Å². The molecule has 0 saturated carbocycles. The molecule has 0 atom stereocenters. The van der Waals surface area contributed by atoms with Crippen LogP contribution in [0.15, 0.2) is 18.2 Å². The first-order valence-corrected chi connectivity index (χ1v) is 4.85. The van der Waals surface area contributed by atoms with Crippen LogP contribution in [0.25, 0.3) is 0 Å². The third-order valence-electron chi connectivity index (χ3n) is 2.11. The molecule has 0 bridgehead atoms. The molecule has 0 fully saturated rings. The number of rotatable bonds is 3. The van der Waals surface area contributed by atoms with Crippen molar-refractivity contribution in [1.29, 1.82) is 0 Å². The van der Waals surface area contributed by atoms with E-state index in [1.807, 2.05) is 26.0 Å². The van der Waals surface area contributed by atoms with Gasteiger partial charge >= 0.3 is 0 Å². The predicted octanol–water partition coefficient (Wildman–Crippen LogP) is 2.18. The second-order valence-corrected chi connectivity index (χ2v) is 3.17. The van der Waals surface area contributed by atoms with Crippen molar-refractivity contribution >= 4 is 17.3 Å². The van der Waals surface area contributed by atoms with Gasteiger partial charge < -0.3 is 11.1 Å². The van der Waals surface area contributed by atoms with Crippen LogP contribution in [0.2, 0.25) is 0 Å². The van der Waals surface area contributed by atoms with E-state index in [1.165, 1.54) is 0 Å². The summed E-state index contributed by atoms with van der Waals surface area (Å²) in [5, 5.41) is 2.83. The van der Waals surface area contributed by atoms with E-state index in [2.05, 4.69) is 5.32 Å². The highest BCUT2D eigenvalue weighted by Gasteiger charge is 2.04. The van der Waals surface area contributed by atoms with Gasteiger partial charge in [0.1, 0.15) is 0 Å². The van der Waals surface area contributed by atoms with E-state index in [0.717, 1.165) is 17.7 Å². The normalized spacial score (nSPS) is 9.86. The van der Waals surface area contributed by atoms with Crippen molar-refractivity contribution < 1.29 is 4.79 Å². The number of hydrogen-bond donors (Lipinski definition) is 2. The van der Waals surface area contributed by atoms with Gasteiger partial charge in [0.25, 0.3) is 0 Å². The monoisotopic (exact) mass is 192 g/mol. The van der Waals surface area contributed by atoms with Gasteiger partial charge in [-0.25, -0.2) is 0 Å². The number of carbonyl (C=O) groups is 1. The van der Waals surface area contributed by atoms with E-state index >= 15 is 0 Å². The number of nitrogens with one attached hydrogen (secondary N) is 1. The molecule has 3 N–H and O–H groups in total. The molecule has 0 heterocycles. The van der Waals surface area contributed by atoms with E-state index in [9.17, 15) is 4.79 Å². The molecule has 0 aliphatic rings. The first-order valence-electron chi connectivity index (χ1n) is 4.85. The Bertz CT molecular complexity index is 334. The minimum absolute atomic E-state index is 0.0188.